The molecule has 2 heteroatoms. The van der Waals surface area contributed by atoms with E-state index in [0.29, 0.717) is 10.8 Å². The van der Waals surface area contributed by atoms with E-state index >= 15 is 0 Å². The smallest absolute Gasteiger partial charge is 0.0283 e. The van der Waals surface area contributed by atoms with Crippen LogP contribution in [-0.4, -0.2) is 25.2 Å². The molecule has 0 aromatic carbocycles. The van der Waals surface area contributed by atoms with E-state index in [1.807, 2.05) is 0 Å². The van der Waals surface area contributed by atoms with Crippen LogP contribution in [-0.2, 0) is 0 Å². The van der Waals surface area contributed by atoms with Gasteiger partial charge in [-0.15, -0.1) is 0 Å². The van der Waals surface area contributed by atoms with Crippen LogP contribution in [0.1, 0.15) is 33.6 Å². The van der Waals surface area contributed by atoms with Crippen molar-refractivity contribution in [1.82, 2.24) is 10.6 Å². The van der Waals surface area contributed by atoms with Gasteiger partial charge >= 0.3 is 0 Å². The molecule has 4 atom stereocenters. The molecule has 2 N–H and O–H groups in total. The van der Waals surface area contributed by atoms with Crippen LogP contribution in [0.3, 0.4) is 0 Å². The highest BCUT2D eigenvalue weighted by atomic mass is 15.1. The predicted molar refractivity (Wildman–Crippen MR) is 58.2 cm³/mol. The topological polar surface area (TPSA) is 24.1 Å². The van der Waals surface area contributed by atoms with E-state index in [9.17, 15) is 0 Å². The summed E-state index contributed by atoms with van der Waals surface area (Å²) in [6.07, 6.45) is 2.85. The number of hydrogen-bond acceptors (Lipinski definition) is 2. The second-order valence-corrected chi connectivity index (χ2v) is 6.20. The van der Waals surface area contributed by atoms with Crippen LogP contribution in [0, 0.1) is 16.7 Å². The Labute approximate surface area is 86.8 Å². The minimum atomic E-state index is 0.521. The third kappa shape index (κ3) is 0.809. The van der Waals surface area contributed by atoms with Crippen molar-refractivity contribution >= 4 is 0 Å². The summed E-state index contributed by atoms with van der Waals surface area (Å²) >= 11 is 0. The first kappa shape index (κ1) is 9.17. The fourth-order valence-corrected chi connectivity index (χ4v) is 4.45. The minimum Gasteiger partial charge on any atom is -0.311 e. The molecule has 80 valence electrons. The van der Waals surface area contributed by atoms with E-state index < -0.39 is 0 Å². The summed E-state index contributed by atoms with van der Waals surface area (Å²) in [7, 11) is 0. The van der Waals surface area contributed by atoms with E-state index in [4.69, 9.17) is 0 Å². The molecule has 0 radical (unpaired) electrons. The Morgan fingerprint density at radius 2 is 1.79 bits per heavy atom. The molecular formula is C12H22N2. The molecule has 1 aliphatic heterocycles. The lowest BCUT2D eigenvalue weighted by molar-refractivity contribution is 0.115. The largest absolute Gasteiger partial charge is 0.311 e. The number of fused-ring (bicyclic) bond motifs is 5. The normalized spacial score (nSPS) is 54.6. The van der Waals surface area contributed by atoms with Crippen molar-refractivity contribution in [2.45, 2.75) is 45.7 Å². The Balaban J connectivity index is 2.02. The zero-order valence-electron chi connectivity index (χ0n) is 9.56. The summed E-state index contributed by atoms with van der Waals surface area (Å²) in [5, 5.41) is 7.48. The van der Waals surface area contributed by atoms with Gasteiger partial charge in [-0.05, 0) is 29.6 Å². The monoisotopic (exact) mass is 194 g/mol. The highest BCUT2D eigenvalue weighted by Gasteiger charge is 2.66. The maximum atomic E-state index is 3.75. The van der Waals surface area contributed by atoms with Gasteiger partial charge in [0.15, 0.2) is 0 Å². The van der Waals surface area contributed by atoms with E-state index in [1.165, 1.54) is 12.8 Å². The first-order valence-electron chi connectivity index (χ1n) is 6.04. The fraction of sp³-hybridized carbons (Fsp3) is 1.00. The molecule has 2 unspecified atom stereocenters. The summed E-state index contributed by atoms with van der Waals surface area (Å²) in [5.74, 6) is 0.894. The Hall–Kier alpha value is -0.0800. The van der Waals surface area contributed by atoms with Crippen LogP contribution >= 0.6 is 0 Å². The molecule has 14 heavy (non-hydrogen) atoms. The Bertz CT molecular complexity index is 261. The molecule has 0 aromatic rings. The predicted octanol–water partition coefficient (Wildman–Crippen LogP) is 1.37. The minimum absolute atomic E-state index is 0.521. The van der Waals surface area contributed by atoms with E-state index in [1.54, 1.807) is 0 Å². The molecule has 2 aliphatic carbocycles. The quantitative estimate of drug-likeness (QED) is 0.608. The Morgan fingerprint density at radius 1 is 1.07 bits per heavy atom. The van der Waals surface area contributed by atoms with Crippen molar-refractivity contribution in [2.75, 3.05) is 13.1 Å². The lowest BCUT2D eigenvalue weighted by Gasteiger charge is -2.43. The van der Waals surface area contributed by atoms with Crippen molar-refractivity contribution in [1.29, 1.82) is 0 Å². The Kier molecular flexibility index (Phi) is 1.66. The third-order valence-corrected chi connectivity index (χ3v) is 5.72. The van der Waals surface area contributed by atoms with Gasteiger partial charge < -0.3 is 10.6 Å². The van der Waals surface area contributed by atoms with Gasteiger partial charge in [0.05, 0.1) is 0 Å². The van der Waals surface area contributed by atoms with Gasteiger partial charge in [-0.2, -0.15) is 0 Å². The van der Waals surface area contributed by atoms with Crippen LogP contribution in [0.2, 0.25) is 0 Å². The van der Waals surface area contributed by atoms with Crippen molar-refractivity contribution < 1.29 is 0 Å². The first-order chi connectivity index (χ1) is 6.57. The summed E-state index contributed by atoms with van der Waals surface area (Å²) < 4.78 is 0. The molecule has 0 aromatic heterocycles. The number of nitrogens with one attached hydrogen (secondary N) is 2. The van der Waals surface area contributed by atoms with E-state index in [2.05, 4.69) is 31.4 Å². The number of piperazine rings is 1. The SMILES string of the molecule is CC1(C)C2CCC1(C)[C@@H]1NCCN[C@H]21. The molecule has 3 fully saturated rings. The molecule has 2 bridgehead atoms. The second kappa shape index (κ2) is 2.53. The molecule has 0 amide bonds. The molecule has 2 nitrogen and oxygen atoms in total. The van der Waals surface area contributed by atoms with Gasteiger partial charge in [0.25, 0.3) is 0 Å². The van der Waals surface area contributed by atoms with Crippen LogP contribution in [0.15, 0.2) is 0 Å². The highest BCUT2D eigenvalue weighted by molar-refractivity contribution is 5.20. The zero-order chi connectivity index (χ0) is 9.97. The van der Waals surface area contributed by atoms with Crippen molar-refractivity contribution in [3.63, 3.8) is 0 Å². The summed E-state index contributed by atoms with van der Waals surface area (Å²) in [5.41, 5.74) is 1.04. The van der Waals surface area contributed by atoms with Gasteiger partial charge in [0.2, 0.25) is 0 Å². The van der Waals surface area contributed by atoms with Crippen molar-refractivity contribution in [2.24, 2.45) is 16.7 Å². The van der Waals surface area contributed by atoms with Gasteiger partial charge in [0, 0.05) is 25.2 Å². The Morgan fingerprint density at radius 3 is 2.50 bits per heavy atom. The highest BCUT2D eigenvalue weighted by Crippen LogP contribution is 2.65. The average Bonchev–Trinajstić information content (AvgIpc) is 2.49. The maximum absolute atomic E-state index is 3.75. The maximum Gasteiger partial charge on any atom is 0.0283 e. The average molecular weight is 194 g/mol. The standard InChI is InChI=1S/C12H22N2/c1-11(2)8-4-5-12(11,3)10-9(8)13-6-7-14-10/h8-10,13-14H,4-7H2,1-3H3/t8?,9-,10-,12?/m1/s1. The van der Waals surface area contributed by atoms with Crippen molar-refractivity contribution in [3.8, 4) is 0 Å². The summed E-state index contributed by atoms with van der Waals surface area (Å²) in [6.45, 7) is 9.76. The fourth-order valence-electron chi connectivity index (χ4n) is 4.45. The molecule has 3 aliphatic rings. The van der Waals surface area contributed by atoms with Crippen LogP contribution < -0.4 is 10.6 Å². The van der Waals surface area contributed by atoms with Gasteiger partial charge in [0.1, 0.15) is 0 Å². The second-order valence-electron chi connectivity index (χ2n) is 6.20. The van der Waals surface area contributed by atoms with Crippen LogP contribution in [0.25, 0.3) is 0 Å². The lowest BCUT2D eigenvalue weighted by Crippen LogP contribution is -2.60. The number of rotatable bonds is 0. The zero-order valence-corrected chi connectivity index (χ0v) is 9.56. The van der Waals surface area contributed by atoms with Crippen LogP contribution in [0.5, 0.6) is 0 Å². The third-order valence-electron chi connectivity index (χ3n) is 5.72. The van der Waals surface area contributed by atoms with E-state index in [0.717, 1.165) is 31.1 Å². The van der Waals surface area contributed by atoms with Crippen molar-refractivity contribution in [3.05, 3.63) is 0 Å². The molecule has 1 heterocycles. The molecule has 1 saturated heterocycles. The molecule has 0 spiro atoms. The van der Waals surface area contributed by atoms with Gasteiger partial charge in [-0.3, -0.25) is 0 Å². The molecular weight excluding hydrogens is 172 g/mol. The summed E-state index contributed by atoms with van der Waals surface area (Å²) in [6, 6.07) is 1.47. The van der Waals surface area contributed by atoms with Gasteiger partial charge in [-0.1, -0.05) is 20.8 Å². The number of hydrogen-bond donors (Lipinski definition) is 2. The van der Waals surface area contributed by atoms with Crippen LogP contribution in [0.4, 0.5) is 0 Å². The summed E-state index contributed by atoms with van der Waals surface area (Å²) in [4.78, 5) is 0. The lowest BCUT2D eigenvalue weighted by atomic mass is 9.69. The first-order valence-corrected chi connectivity index (χ1v) is 6.04. The van der Waals surface area contributed by atoms with Gasteiger partial charge in [-0.25, -0.2) is 0 Å². The molecule has 2 saturated carbocycles. The molecule has 3 rings (SSSR count). The van der Waals surface area contributed by atoms with E-state index in [-0.39, 0.29) is 0 Å².